The molecule has 0 aliphatic rings. The van der Waals surface area contributed by atoms with Crippen LogP contribution in [0, 0.1) is 0 Å². The summed E-state index contributed by atoms with van der Waals surface area (Å²) < 4.78 is 2.64. The van der Waals surface area contributed by atoms with Crippen molar-refractivity contribution in [3.05, 3.63) is 152 Å². The largest absolute Gasteiger partial charge is 0.256 e. The first kappa shape index (κ1) is 22.9. The van der Waals surface area contributed by atoms with E-state index in [1.54, 1.807) is 0 Å². The third kappa shape index (κ3) is 3.71. The van der Waals surface area contributed by atoms with Crippen molar-refractivity contribution in [2.75, 3.05) is 0 Å². The van der Waals surface area contributed by atoms with E-state index in [-0.39, 0.29) is 0 Å². The van der Waals surface area contributed by atoms with Gasteiger partial charge in [0.25, 0.3) is 0 Å². The van der Waals surface area contributed by atoms with Crippen LogP contribution >= 0.6 is 11.3 Å². The molecule has 0 aliphatic carbocycles. The number of hydrogen-bond acceptors (Lipinski definition) is 2. The van der Waals surface area contributed by atoms with Gasteiger partial charge in [0.15, 0.2) is 8.07 Å². The second-order valence-electron chi connectivity index (χ2n) is 9.59. The normalized spacial score (nSPS) is 11.7. The van der Waals surface area contributed by atoms with Gasteiger partial charge in [0.1, 0.15) is 0 Å². The Balaban J connectivity index is 1.42. The minimum atomic E-state index is -2.55. The quantitative estimate of drug-likeness (QED) is 0.187. The second-order valence-corrected chi connectivity index (χ2v) is 14.5. The maximum Gasteiger partial charge on any atom is 0.181 e. The predicted molar refractivity (Wildman–Crippen MR) is 166 cm³/mol. The molecular formula is C35H25NSSi. The number of pyridine rings is 1. The molecule has 2 aromatic heterocycles. The topological polar surface area (TPSA) is 12.9 Å². The van der Waals surface area contributed by atoms with E-state index in [0.717, 1.165) is 11.3 Å². The minimum Gasteiger partial charge on any atom is -0.256 e. The van der Waals surface area contributed by atoms with Crippen molar-refractivity contribution >= 4 is 60.3 Å². The van der Waals surface area contributed by atoms with Crippen molar-refractivity contribution in [2.45, 2.75) is 0 Å². The Kier molecular flexibility index (Phi) is 5.73. The Bertz CT molecular complexity index is 1750. The van der Waals surface area contributed by atoms with Gasteiger partial charge in [-0.1, -0.05) is 121 Å². The first-order chi connectivity index (χ1) is 18.8. The maximum absolute atomic E-state index is 5.10. The number of hydrogen-bond donors (Lipinski definition) is 0. The summed E-state index contributed by atoms with van der Waals surface area (Å²) in [6.45, 7) is 0. The van der Waals surface area contributed by atoms with Crippen LogP contribution in [0.3, 0.4) is 0 Å². The molecule has 0 atom stereocenters. The van der Waals surface area contributed by atoms with E-state index in [9.17, 15) is 0 Å². The molecule has 0 fully saturated rings. The van der Waals surface area contributed by atoms with Gasteiger partial charge in [0.05, 0.1) is 5.69 Å². The van der Waals surface area contributed by atoms with Crippen molar-refractivity contribution in [3.63, 3.8) is 0 Å². The Labute approximate surface area is 227 Å². The lowest BCUT2D eigenvalue weighted by atomic mass is 10.1. The van der Waals surface area contributed by atoms with Crippen molar-refractivity contribution in [1.29, 1.82) is 0 Å². The lowest BCUT2D eigenvalue weighted by molar-refractivity contribution is 1.34. The lowest BCUT2D eigenvalue weighted by Crippen LogP contribution is -2.74. The number of benzene rings is 5. The summed E-state index contributed by atoms with van der Waals surface area (Å²) in [7, 11) is -2.55. The number of rotatable bonds is 5. The smallest absolute Gasteiger partial charge is 0.181 e. The molecule has 2 heterocycles. The second kappa shape index (κ2) is 9.53. The Morgan fingerprint density at radius 3 is 1.58 bits per heavy atom. The molecule has 0 saturated carbocycles. The van der Waals surface area contributed by atoms with Crippen LogP contribution in [0.15, 0.2) is 152 Å². The summed E-state index contributed by atoms with van der Waals surface area (Å²) in [6.07, 6.45) is 2.13. The number of thiophene rings is 1. The average molecular weight is 520 g/mol. The highest BCUT2D eigenvalue weighted by Gasteiger charge is 2.41. The molecule has 0 bridgehead atoms. The van der Waals surface area contributed by atoms with Crippen LogP contribution in [0.5, 0.6) is 0 Å². The fourth-order valence-corrected chi connectivity index (χ4v) is 11.5. The minimum absolute atomic E-state index is 1.00. The number of fused-ring (bicyclic) bond motifs is 3. The monoisotopic (exact) mass is 519 g/mol. The molecule has 1 nitrogen and oxygen atoms in total. The molecule has 5 aromatic carbocycles. The lowest BCUT2D eigenvalue weighted by Gasteiger charge is -2.34. The molecule has 38 heavy (non-hydrogen) atoms. The number of nitrogens with zero attached hydrogens (tertiary/aromatic N) is 1. The van der Waals surface area contributed by atoms with Crippen LogP contribution in [0.2, 0.25) is 0 Å². The van der Waals surface area contributed by atoms with Crippen LogP contribution in [0.1, 0.15) is 0 Å². The predicted octanol–water partition coefficient (Wildman–Crippen LogP) is 6.49. The van der Waals surface area contributed by atoms with Crippen molar-refractivity contribution in [3.8, 4) is 11.3 Å². The van der Waals surface area contributed by atoms with E-state index in [0.29, 0.717) is 0 Å². The van der Waals surface area contributed by atoms with Gasteiger partial charge >= 0.3 is 0 Å². The first-order valence-corrected chi connectivity index (χ1v) is 15.7. The van der Waals surface area contributed by atoms with Crippen LogP contribution in [-0.4, -0.2) is 13.1 Å². The fourth-order valence-electron chi connectivity index (χ4n) is 5.74. The SMILES string of the molecule is c1ccc([Si](c2ccccc2)(c2ccccc2)c2ccc(-c3ccc4sc5ccccc5c4c3)nc2)cc1. The zero-order valence-electron chi connectivity index (χ0n) is 20.8. The van der Waals surface area contributed by atoms with Gasteiger partial charge in [-0.2, -0.15) is 0 Å². The maximum atomic E-state index is 5.10. The van der Waals surface area contributed by atoms with Gasteiger partial charge in [0, 0.05) is 31.9 Å². The molecule has 7 rings (SSSR count). The number of aromatic nitrogens is 1. The molecule has 3 heteroatoms. The molecule has 7 aromatic rings. The van der Waals surface area contributed by atoms with Crippen LogP contribution in [0.25, 0.3) is 31.4 Å². The molecular weight excluding hydrogens is 495 g/mol. The molecule has 0 amide bonds. The summed E-state index contributed by atoms with van der Waals surface area (Å²) in [5.41, 5.74) is 2.15. The zero-order chi connectivity index (χ0) is 25.4. The Morgan fingerprint density at radius 1 is 0.447 bits per heavy atom. The summed E-state index contributed by atoms with van der Waals surface area (Å²) >= 11 is 1.85. The molecule has 0 saturated heterocycles. The van der Waals surface area contributed by atoms with E-state index in [4.69, 9.17) is 4.98 Å². The van der Waals surface area contributed by atoms with E-state index in [1.165, 1.54) is 40.9 Å². The summed E-state index contributed by atoms with van der Waals surface area (Å²) in [5.74, 6) is 0. The third-order valence-corrected chi connectivity index (χ3v) is 13.4. The van der Waals surface area contributed by atoms with Gasteiger partial charge in [-0.15, -0.1) is 11.3 Å². The fraction of sp³-hybridized carbons (Fsp3) is 0. The zero-order valence-corrected chi connectivity index (χ0v) is 22.6. The average Bonchev–Trinajstić information content (AvgIpc) is 3.38. The van der Waals surface area contributed by atoms with Gasteiger partial charge in [-0.05, 0) is 45.0 Å². The van der Waals surface area contributed by atoms with E-state index >= 15 is 0 Å². The first-order valence-electron chi connectivity index (χ1n) is 12.9. The van der Waals surface area contributed by atoms with Gasteiger partial charge in [-0.3, -0.25) is 4.98 Å². The molecule has 180 valence electrons. The Morgan fingerprint density at radius 2 is 1.00 bits per heavy atom. The summed E-state index contributed by atoms with van der Waals surface area (Å²) in [4.78, 5) is 5.10. The summed E-state index contributed by atoms with van der Waals surface area (Å²) in [6, 6.07) is 52.9. The molecule has 0 spiro atoms. The molecule has 0 aliphatic heterocycles. The summed E-state index contributed by atoms with van der Waals surface area (Å²) in [5, 5.41) is 7.98. The third-order valence-electron chi connectivity index (χ3n) is 7.49. The molecule has 0 radical (unpaired) electrons. The standard InChI is InChI=1S/C35H25NSSi/c1-4-12-27(13-5-1)38(28-14-6-2-7-15-28,29-16-8-3-9-17-29)30-21-22-33(36-25-30)26-20-23-35-32(24-26)31-18-10-11-19-34(31)37-35/h1-25H. The Hall–Kier alpha value is -4.31. The highest BCUT2D eigenvalue weighted by Crippen LogP contribution is 2.35. The highest BCUT2D eigenvalue weighted by molar-refractivity contribution is 7.25. The van der Waals surface area contributed by atoms with Gasteiger partial charge in [0.2, 0.25) is 0 Å². The van der Waals surface area contributed by atoms with Crippen molar-refractivity contribution in [1.82, 2.24) is 4.98 Å². The van der Waals surface area contributed by atoms with Crippen molar-refractivity contribution in [2.24, 2.45) is 0 Å². The van der Waals surface area contributed by atoms with Crippen LogP contribution in [-0.2, 0) is 0 Å². The molecule has 0 unspecified atom stereocenters. The van der Waals surface area contributed by atoms with Crippen LogP contribution in [0.4, 0.5) is 0 Å². The van der Waals surface area contributed by atoms with E-state index in [2.05, 4.69) is 152 Å². The van der Waals surface area contributed by atoms with Crippen molar-refractivity contribution < 1.29 is 0 Å². The van der Waals surface area contributed by atoms with Gasteiger partial charge < -0.3 is 0 Å². The van der Waals surface area contributed by atoms with Gasteiger partial charge in [-0.25, -0.2) is 0 Å². The van der Waals surface area contributed by atoms with E-state index in [1.807, 2.05) is 11.3 Å². The highest BCUT2D eigenvalue weighted by atomic mass is 32.1. The van der Waals surface area contributed by atoms with Crippen LogP contribution < -0.4 is 20.7 Å². The molecule has 0 N–H and O–H groups in total. The van der Waals surface area contributed by atoms with E-state index < -0.39 is 8.07 Å².